The van der Waals surface area contributed by atoms with Crippen molar-refractivity contribution in [3.63, 3.8) is 0 Å². The van der Waals surface area contributed by atoms with Gasteiger partial charge in [0.25, 0.3) is 11.6 Å². The monoisotopic (exact) mass is 409 g/mol. The molecule has 0 aliphatic carbocycles. The Hall–Kier alpha value is -3.64. The van der Waals surface area contributed by atoms with Gasteiger partial charge in [0.05, 0.1) is 4.92 Å². The number of anilines is 1. The summed E-state index contributed by atoms with van der Waals surface area (Å²) in [6.07, 6.45) is -2.31. The fourth-order valence-corrected chi connectivity index (χ4v) is 2.78. The van der Waals surface area contributed by atoms with Crippen LogP contribution in [0.25, 0.3) is 5.78 Å². The van der Waals surface area contributed by atoms with Crippen molar-refractivity contribution in [3.8, 4) is 0 Å². The highest BCUT2D eigenvalue weighted by Crippen LogP contribution is 2.27. The number of nitro groups is 1. The largest absolute Gasteiger partial charge is 0.453 e. The van der Waals surface area contributed by atoms with E-state index < -0.39 is 22.8 Å². The highest BCUT2D eigenvalue weighted by molar-refractivity contribution is 5.93. The van der Waals surface area contributed by atoms with Crippen LogP contribution in [0.4, 0.5) is 24.5 Å². The van der Waals surface area contributed by atoms with Crippen molar-refractivity contribution in [1.82, 2.24) is 24.6 Å². The molecule has 13 heteroatoms. The van der Waals surface area contributed by atoms with Crippen LogP contribution in [0.2, 0.25) is 0 Å². The smallest absolute Gasteiger partial charge is 0.320 e. The summed E-state index contributed by atoms with van der Waals surface area (Å²) in [5.74, 6) is -1.99. The molecule has 0 saturated carbocycles. The van der Waals surface area contributed by atoms with E-state index in [2.05, 4.69) is 25.4 Å². The highest BCUT2D eigenvalue weighted by Gasteiger charge is 2.37. The third kappa shape index (κ3) is 4.12. The Morgan fingerprint density at radius 1 is 1.31 bits per heavy atom. The molecule has 29 heavy (non-hydrogen) atoms. The van der Waals surface area contributed by atoms with Crippen molar-refractivity contribution in [2.75, 3.05) is 5.32 Å². The second-order valence-electron chi connectivity index (χ2n) is 6.10. The maximum Gasteiger partial charge on any atom is 0.453 e. The first-order chi connectivity index (χ1) is 13.6. The topological polar surface area (TPSA) is 128 Å². The first-order valence-corrected chi connectivity index (χ1v) is 8.26. The van der Waals surface area contributed by atoms with Crippen molar-refractivity contribution in [1.29, 1.82) is 0 Å². The lowest BCUT2D eigenvalue weighted by molar-refractivity contribution is -0.384. The number of nitrogens with zero attached hydrogens (tertiary/aromatic N) is 6. The first-order valence-electron chi connectivity index (χ1n) is 8.26. The maximum atomic E-state index is 12.8. The van der Waals surface area contributed by atoms with Crippen LogP contribution in [0.5, 0.6) is 0 Å². The molecular weight excluding hydrogens is 395 g/mol. The Kier molecular flexibility index (Phi) is 5.14. The lowest BCUT2D eigenvalue weighted by atomic mass is 10.1. The van der Waals surface area contributed by atoms with Crippen molar-refractivity contribution in [2.45, 2.75) is 32.9 Å². The van der Waals surface area contributed by atoms with Crippen LogP contribution >= 0.6 is 0 Å². The number of hydrogen-bond acceptors (Lipinski definition) is 7. The van der Waals surface area contributed by atoms with Gasteiger partial charge >= 0.3 is 11.9 Å². The molecule has 0 bridgehead atoms. The minimum atomic E-state index is -4.70. The summed E-state index contributed by atoms with van der Waals surface area (Å²) in [5, 5.41) is 16.9. The third-order valence-corrected chi connectivity index (χ3v) is 4.18. The number of nitrogens with one attached hydrogen (secondary N) is 1. The second kappa shape index (κ2) is 7.41. The lowest BCUT2D eigenvalue weighted by Gasteiger charge is -2.10. The predicted molar refractivity (Wildman–Crippen MR) is 93.1 cm³/mol. The van der Waals surface area contributed by atoms with E-state index in [9.17, 15) is 28.1 Å². The van der Waals surface area contributed by atoms with Crippen LogP contribution in [-0.2, 0) is 17.4 Å². The van der Waals surface area contributed by atoms with Gasteiger partial charge in [0.15, 0.2) is 0 Å². The molecule has 10 nitrogen and oxygen atoms in total. The van der Waals surface area contributed by atoms with Gasteiger partial charge in [-0.15, -0.1) is 5.10 Å². The van der Waals surface area contributed by atoms with Gasteiger partial charge in [0, 0.05) is 24.0 Å². The fourth-order valence-electron chi connectivity index (χ4n) is 2.78. The van der Waals surface area contributed by atoms with Gasteiger partial charge in [-0.05, 0) is 31.9 Å². The van der Waals surface area contributed by atoms with Gasteiger partial charge in [0.2, 0.25) is 5.91 Å². The molecule has 0 fully saturated rings. The number of rotatable bonds is 5. The standard InChI is InChI=1S/C16H14F3N7O3/c1-8-10(9(2)25-15(21-8)23-14(24-25)16(17,18)19)3-4-13(27)22-11-5-6-20-7-12(11)26(28)29/h5-7H,3-4H2,1-2H3,(H,20,22,27). The number of hydrogen-bond donors (Lipinski definition) is 1. The zero-order valence-electron chi connectivity index (χ0n) is 15.2. The van der Waals surface area contributed by atoms with Crippen molar-refractivity contribution in [3.05, 3.63) is 51.4 Å². The molecule has 0 radical (unpaired) electrons. The Bertz CT molecular complexity index is 1110. The number of alkyl halides is 3. The number of amides is 1. The zero-order chi connectivity index (χ0) is 21.3. The number of pyridine rings is 1. The van der Waals surface area contributed by atoms with E-state index in [1.165, 1.54) is 12.3 Å². The second-order valence-corrected chi connectivity index (χ2v) is 6.10. The Labute approximate surface area is 161 Å². The van der Waals surface area contributed by atoms with Crippen LogP contribution in [0.3, 0.4) is 0 Å². The molecule has 0 saturated heterocycles. The van der Waals surface area contributed by atoms with Gasteiger partial charge < -0.3 is 5.32 Å². The Morgan fingerprint density at radius 2 is 2.03 bits per heavy atom. The molecule has 3 heterocycles. The average molecular weight is 409 g/mol. The first kappa shape index (κ1) is 20.1. The Morgan fingerprint density at radius 3 is 2.69 bits per heavy atom. The number of aryl methyl sites for hydroxylation is 2. The van der Waals surface area contributed by atoms with Crippen LogP contribution in [0.15, 0.2) is 18.5 Å². The number of carbonyl (C=O) groups is 1. The quantitative estimate of drug-likeness (QED) is 0.507. The van der Waals surface area contributed by atoms with Crippen LogP contribution < -0.4 is 5.32 Å². The molecule has 3 aromatic heterocycles. The molecule has 0 aliphatic rings. The van der Waals surface area contributed by atoms with Crippen molar-refractivity contribution in [2.24, 2.45) is 0 Å². The Balaban J connectivity index is 1.80. The molecule has 152 valence electrons. The highest BCUT2D eigenvalue weighted by atomic mass is 19.4. The molecule has 3 rings (SSSR count). The van der Waals surface area contributed by atoms with Gasteiger partial charge in [0.1, 0.15) is 11.9 Å². The van der Waals surface area contributed by atoms with E-state index in [0.717, 1.165) is 10.7 Å². The van der Waals surface area contributed by atoms with E-state index in [1.54, 1.807) is 13.8 Å². The zero-order valence-corrected chi connectivity index (χ0v) is 15.2. The molecule has 1 N–H and O–H groups in total. The molecule has 1 amide bonds. The lowest BCUT2D eigenvalue weighted by Crippen LogP contribution is -2.15. The summed E-state index contributed by atoms with van der Waals surface area (Å²) in [6.45, 7) is 3.15. The van der Waals surface area contributed by atoms with Gasteiger partial charge in [-0.25, -0.2) is 9.50 Å². The van der Waals surface area contributed by atoms with Crippen LogP contribution in [0, 0.1) is 24.0 Å². The van der Waals surface area contributed by atoms with E-state index in [-0.39, 0.29) is 30.0 Å². The molecule has 0 atom stereocenters. The summed E-state index contributed by atoms with van der Waals surface area (Å²) >= 11 is 0. The minimum Gasteiger partial charge on any atom is -0.320 e. The molecular formula is C16H14F3N7O3. The predicted octanol–water partition coefficient (Wildman–Crippen LogP) is 2.63. The number of aromatic nitrogens is 5. The molecule has 0 spiro atoms. The molecule has 0 aliphatic heterocycles. The third-order valence-electron chi connectivity index (χ3n) is 4.18. The van der Waals surface area contributed by atoms with E-state index >= 15 is 0 Å². The molecule has 3 aromatic rings. The number of fused-ring (bicyclic) bond motifs is 1. The number of halogens is 3. The van der Waals surface area contributed by atoms with Crippen molar-refractivity contribution >= 4 is 23.1 Å². The van der Waals surface area contributed by atoms with Crippen LogP contribution in [0.1, 0.15) is 29.2 Å². The van der Waals surface area contributed by atoms with E-state index in [4.69, 9.17) is 0 Å². The summed E-state index contributed by atoms with van der Waals surface area (Å²) < 4.78 is 39.5. The maximum absolute atomic E-state index is 12.8. The van der Waals surface area contributed by atoms with Crippen molar-refractivity contribution < 1.29 is 22.9 Å². The number of carbonyl (C=O) groups excluding carboxylic acids is 1. The normalized spacial score (nSPS) is 11.6. The van der Waals surface area contributed by atoms with Gasteiger partial charge in [-0.1, -0.05) is 0 Å². The molecule has 0 aromatic carbocycles. The van der Waals surface area contributed by atoms with E-state index in [0.29, 0.717) is 17.0 Å². The summed E-state index contributed by atoms with van der Waals surface area (Å²) in [5.41, 5.74) is 0.981. The summed E-state index contributed by atoms with van der Waals surface area (Å²) in [6, 6.07) is 1.30. The van der Waals surface area contributed by atoms with E-state index in [1.807, 2.05) is 0 Å². The van der Waals surface area contributed by atoms with Gasteiger partial charge in [-0.2, -0.15) is 18.2 Å². The van der Waals surface area contributed by atoms with Gasteiger partial charge in [-0.3, -0.25) is 19.9 Å². The SMILES string of the molecule is Cc1nc2nc(C(F)(F)F)nn2c(C)c1CCC(=O)Nc1ccncc1[N+](=O)[O-]. The average Bonchev–Trinajstić information content (AvgIpc) is 3.06. The summed E-state index contributed by atoms with van der Waals surface area (Å²) in [7, 11) is 0. The fraction of sp³-hybridized carbons (Fsp3) is 0.312. The summed E-state index contributed by atoms with van der Waals surface area (Å²) in [4.78, 5) is 33.6. The van der Waals surface area contributed by atoms with Crippen LogP contribution in [-0.4, -0.2) is 35.4 Å². The molecule has 0 unspecified atom stereocenters. The minimum absolute atomic E-state index is 0.00289.